The van der Waals surface area contributed by atoms with Crippen molar-refractivity contribution in [2.45, 2.75) is 0 Å². The van der Waals surface area contributed by atoms with Crippen molar-refractivity contribution in [2.75, 3.05) is 0 Å². The second kappa shape index (κ2) is 6.39. The summed E-state index contributed by atoms with van der Waals surface area (Å²) in [4.78, 5) is 23.0. The molecule has 2 rings (SSSR count). The summed E-state index contributed by atoms with van der Waals surface area (Å²) in [6.07, 6.45) is 0.608. The van der Waals surface area contributed by atoms with Crippen molar-refractivity contribution >= 4 is 51.4 Å². The molecular formula is C14H7BrCl2O3. The number of aldehydes is 1. The molecule has 0 amide bonds. The van der Waals surface area contributed by atoms with Gasteiger partial charge in [-0.3, -0.25) is 4.79 Å². The number of hydrogen-bond donors (Lipinski definition) is 0. The molecule has 0 unspecified atom stereocenters. The van der Waals surface area contributed by atoms with Crippen LogP contribution in [0.5, 0.6) is 5.75 Å². The van der Waals surface area contributed by atoms with Crippen LogP contribution in [0.25, 0.3) is 0 Å². The highest BCUT2D eigenvalue weighted by molar-refractivity contribution is 9.10. The van der Waals surface area contributed by atoms with E-state index in [0.717, 1.165) is 0 Å². The van der Waals surface area contributed by atoms with Crippen LogP contribution in [0.15, 0.2) is 40.9 Å². The molecule has 0 heterocycles. The molecule has 0 saturated heterocycles. The zero-order valence-electron chi connectivity index (χ0n) is 9.90. The second-order valence-electron chi connectivity index (χ2n) is 3.81. The molecule has 0 aromatic heterocycles. The van der Waals surface area contributed by atoms with Gasteiger partial charge < -0.3 is 4.74 Å². The van der Waals surface area contributed by atoms with E-state index in [-0.39, 0.29) is 21.9 Å². The van der Waals surface area contributed by atoms with Gasteiger partial charge in [-0.05, 0) is 36.4 Å². The van der Waals surface area contributed by atoms with E-state index < -0.39 is 5.97 Å². The summed E-state index contributed by atoms with van der Waals surface area (Å²) in [6, 6.07) is 9.19. The van der Waals surface area contributed by atoms with E-state index in [4.69, 9.17) is 27.9 Å². The van der Waals surface area contributed by atoms with Gasteiger partial charge in [0.05, 0.1) is 16.1 Å². The molecule has 0 spiro atoms. The van der Waals surface area contributed by atoms with Crippen LogP contribution in [0.4, 0.5) is 0 Å². The van der Waals surface area contributed by atoms with Gasteiger partial charge in [0.1, 0.15) is 5.75 Å². The number of carbonyl (C=O) groups excluding carboxylic acids is 2. The highest BCUT2D eigenvalue weighted by atomic mass is 79.9. The van der Waals surface area contributed by atoms with E-state index in [1.165, 1.54) is 24.3 Å². The van der Waals surface area contributed by atoms with Crippen molar-refractivity contribution in [3.63, 3.8) is 0 Å². The van der Waals surface area contributed by atoms with Gasteiger partial charge >= 0.3 is 5.97 Å². The highest BCUT2D eigenvalue weighted by Gasteiger charge is 2.15. The third-order valence-corrected chi connectivity index (χ3v) is 3.49. The first-order valence-electron chi connectivity index (χ1n) is 5.43. The predicted octanol–water partition coefficient (Wildman–Crippen LogP) is 4.79. The first-order chi connectivity index (χ1) is 9.51. The van der Waals surface area contributed by atoms with Crippen LogP contribution in [0.1, 0.15) is 20.7 Å². The molecule has 0 radical (unpaired) electrons. The number of hydrogen-bond acceptors (Lipinski definition) is 3. The third kappa shape index (κ3) is 3.39. The standard InChI is InChI=1S/C14H7BrCl2O3/c15-9-1-4-13(8(5-9)7-18)20-14(19)11-3-2-10(16)6-12(11)17/h1-7H. The molecule has 0 bridgehead atoms. The van der Waals surface area contributed by atoms with Gasteiger partial charge in [-0.25, -0.2) is 4.79 Å². The largest absolute Gasteiger partial charge is 0.422 e. The molecule has 0 fully saturated rings. The maximum Gasteiger partial charge on any atom is 0.345 e. The van der Waals surface area contributed by atoms with Crippen molar-refractivity contribution in [1.29, 1.82) is 0 Å². The topological polar surface area (TPSA) is 43.4 Å². The monoisotopic (exact) mass is 372 g/mol. The SMILES string of the molecule is O=Cc1cc(Br)ccc1OC(=O)c1ccc(Cl)cc1Cl. The molecule has 3 nitrogen and oxygen atoms in total. The normalized spacial score (nSPS) is 10.2. The van der Waals surface area contributed by atoms with Gasteiger partial charge in [-0.2, -0.15) is 0 Å². The minimum Gasteiger partial charge on any atom is -0.422 e. The fourth-order valence-corrected chi connectivity index (χ4v) is 2.38. The van der Waals surface area contributed by atoms with Crippen LogP contribution >= 0.6 is 39.1 Å². The fraction of sp³-hybridized carbons (Fsp3) is 0. The van der Waals surface area contributed by atoms with Crippen LogP contribution in [0, 0.1) is 0 Å². The Bertz CT molecular complexity index is 686. The quantitative estimate of drug-likeness (QED) is 0.441. The number of halogens is 3. The van der Waals surface area contributed by atoms with Gasteiger partial charge in [-0.15, -0.1) is 0 Å². The average molecular weight is 374 g/mol. The van der Waals surface area contributed by atoms with Crippen LogP contribution in [0.2, 0.25) is 10.0 Å². The lowest BCUT2D eigenvalue weighted by Gasteiger charge is -2.08. The summed E-state index contributed by atoms with van der Waals surface area (Å²) in [5.41, 5.74) is 0.439. The number of rotatable bonds is 3. The number of ether oxygens (including phenoxy) is 1. The Morgan fingerprint density at radius 3 is 2.55 bits per heavy atom. The molecule has 102 valence electrons. The molecule has 0 aliphatic carbocycles. The lowest BCUT2D eigenvalue weighted by Crippen LogP contribution is -2.10. The predicted molar refractivity (Wildman–Crippen MR) is 81.0 cm³/mol. The molecular weight excluding hydrogens is 367 g/mol. The average Bonchev–Trinajstić information content (AvgIpc) is 2.40. The summed E-state index contributed by atoms with van der Waals surface area (Å²) in [6.45, 7) is 0. The third-order valence-electron chi connectivity index (χ3n) is 2.45. The van der Waals surface area contributed by atoms with Crippen LogP contribution in [-0.2, 0) is 0 Å². The Morgan fingerprint density at radius 1 is 1.15 bits per heavy atom. The Morgan fingerprint density at radius 2 is 1.90 bits per heavy atom. The maximum absolute atomic E-state index is 12.0. The fourth-order valence-electron chi connectivity index (χ4n) is 1.51. The van der Waals surface area contributed by atoms with Gasteiger partial charge in [0.25, 0.3) is 0 Å². The molecule has 0 N–H and O–H groups in total. The molecule has 0 aliphatic heterocycles. The van der Waals surface area contributed by atoms with E-state index in [1.54, 1.807) is 12.1 Å². The summed E-state index contributed by atoms with van der Waals surface area (Å²) >= 11 is 14.9. The maximum atomic E-state index is 12.0. The van der Waals surface area contributed by atoms with Crippen LogP contribution in [-0.4, -0.2) is 12.3 Å². The van der Waals surface area contributed by atoms with Crippen molar-refractivity contribution in [1.82, 2.24) is 0 Å². The summed E-state index contributed by atoms with van der Waals surface area (Å²) in [5.74, 6) is -0.490. The van der Waals surface area contributed by atoms with E-state index in [2.05, 4.69) is 15.9 Å². The minimum absolute atomic E-state index is 0.166. The van der Waals surface area contributed by atoms with E-state index >= 15 is 0 Å². The molecule has 0 aliphatic rings. The highest BCUT2D eigenvalue weighted by Crippen LogP contribution is 2.25. The molecule has 0 saturated carbocycles. The Balaban J connectivity index is 2.30. The summed E-state index contributed by atoms with van der Waals surface area (Å²) in [5, 5.41) is 0.607. The van der Waals surface area contributed by atoms with Crippen LogP contribution < -0.4 is 4.74 Å². The summed E-state index contributed by atoms with van der Waals surface area (Å²) < 4.78 is 5.89. The Kier molecular flexibility index (Phi) is 4.81. The van der Waals surface area contributed by atoms with E-state index in [0.29, 0.717) is 15.8 Å². The first-order valence-corrected chi connectivity index (χ1v) is 6.98. The lowest BCUT2D eigenvalue weighted by molar-refractivity contribution is 0.0733. The first kappa shape index (κ1) is 15.0. The Hall–Kier alpha value is -1.36. The minimum atomic E-state index is -0.655. The lowest BCUT2D eigenvalue weighted by atomic mass is 10.2. The van der Waals surface area contributed by atoms with Crippen molar-refractivity contribution < 1.29 is 14.3 Å². The van der Waals surface area contributed by atoms with Gasteiger partial charge in [0.2, 0.25) is 0 Å². The van der Waals surface area contributed by atoms with E-state index in [9.17, 15) is 9.59 Å². The molecule has 6 heteroatoms. The van der Waals surface area contributed by atoms with Crippen molar-refractivity contribution in [3.8, 4) is 5.75 Å². The molecule has 0 atom stereocenters. The Labute approximate surface area is 133 Å². The smallest absolute Gasteiger partial charge is 0.345 e. The van der Waals surface area contributed by atoms with Crippen molar-refractivity contribution in [3.05, 3.63) is 62.0 Å². The van der Waals surface area contributed by atoms with Crippen LogP contribution in [0.3, 0.4) is 0 Å². The van der Waals surface area contributed by atoms with Gasteiger partial charge in [-0.1, -0.05) is 39.1 Å². The number of benzene rings is 2. The number of carbonyl (C=O) groups is 2. The molecule has 2 aromatic rings. The zero-order valence-corrected chi connectivity index (χ0v) is 13.0. The second-order valence-corrected chi connectivity index (χ2v) is 5.57. The number of esters is 1. The van der Waals surface area contributed by atoms with Gasteiger partial charge in [0, 0.05) is 9.50 Å². The van der Waals surface area contributed by atoms with E-state index in [1.807, 2.05) is 0 Å². The zero-order chi connectivity index (χ0) is 14.7. The molecule has 2 aromatic carbocycles. The van der Waals surface area contributed by atoms with Gasteiger partial charge in [0.15, 0.2) is 6.29 Å². The summed E-state index contributed by atoms with van der Waals surface area (Å²) in [7, 11) is 0. The van der Waals surface area contributed by atoms with Crippen molar-refractivity contribution in [2.24, 2.45) is 0 Å². The molecule has 20 heavy (non-hydrogen) atoms.